The van der Waals surface area contributed by atoms with E-state index in [4.69, 9.17) is 18.0 Å². The van der Waals surface area contributed by atoms with Gasteiger partial charge in [0.15, 0.2) is 0 Å². The highest BCUT2D eigenvalue weighted by Crippen LogP contribution is 2.18. The van der Waals surface area contributed by atoms with Crippen LogP contribution in [0.3, 0.4) is 0 Å². The molecular weight excluding hydrogens is 284 g/mol. The molecule has 21 heavy (non-hydrogen) atoms. The monoisotopic (exact) mass is 310 g/mol. The summed E-state index contributed by atoms with van der Waals surface area (Å²) >= 11 is 0. The Morgan fingerprint density at radius 3 is 1.90 bits per heavy atom. The highest BCUT2D eigenvalue weighted by atomic mass is 28.4. The lowest BCUT2D eigenvalue weighted by atomic mass is 10.2. The second-order valence-corrected chi connectivity index (χ2v) is 7.09. The fourth-order valence-electron chi connectivity index (χ4n) is 2.00. The number of hydrogen-bond donors (Lipinski definition) is 0. The molecular formula is C16H26O4Si. The van der Waals surface area contributed by atoms with Gasteiger partial charge in [-0.2, -0.15) is 0 Å². The van der Waals surface area contributed by atoms with Crippen LogP contribution in [0, 0.1) is 0 Å². The predicted octanol–water partition coefficient (Wildman–Crippen LogP) is 3.76. The first-order valence-corrected chi connectivity index (χ1v) is 9.40. The van der Waals surface area contributed by atoms with Crippen molar-refractivity contribution in [2.75, 3.05) is 26.4 Å². The first kappa shape index (κ1) is 17.9. The predicted molar refractivity (Wildman–Crippen MR) is 87.5 cm³/mol. The van der Waals surface area contributed by atoms with Crippen LogP contribution in [0.1, 0.15) is 26.3 Å². The lowest BCUT2D eigenvalue weighted by Gasteiger charge is -2.28. The Kier molecular flexibility index (Phi) is 8.30. The topological polar surface area (TPSA) is 36.9 Å². The lowest BCUT2D eigenvalue weighted by molar-refractivity contribution is 0.0675. The molecule has 0 saturated heterocycles. The van der Waals surface area contributed by atoms with Crippen molar-refractivity contribution in [2.24, 2.45) is 0 Å². The molecule has 0 fully saturated rings. The summed E-state index contributed by atoms with van der Waals surface area (Å²) in [6, 6.07) is 8.46. The normalized spacial score (nSPS) is 11.4. The van der Waals surface area contributed by atoms with Gasteiger partial charge in [-0.25, -0.2) is 0 Å². The van der Waals surface area contributed by atoms with Crippen molar-refractivity contribution in [3.63, 3.8) is 0 Å². The Bertz CT molecular complexity index is 388. The fourth-order valence-corrected chi connectivity index (χ4v) is 4.35. The molecule has 0 saturated carbocycles. The molecule has 1 aromatic carbocycles. The van der Waals surface area contributed by atoms with E-state index in [-0.39, 0.29) is 0 Å². The van der Waals surface area contributed by atoms with Crippen LogP contribution in [0.25, 0.3) is 6.08 Å². The molecule has 1 rings (SSSR count). The first-order chi connectivity index (χ1) is 10.2. The Balaban J connectivity index is 2.56. The van der Waals surface area contributed by atoms with Crippen molar-refractivity contribution >= 4 is 14.9 Å². The third-order valence-electron chi connectivity index (χ3n) is 2.89. The van der Waals surface area contributed by atoms with Gasteiger partial charge in [0.1, 0.15) is 5.75 Å². The number of rotatable bonds is 11. The Hall–Kier alpha value is -1.14. The molecule has 0 heterocycles. The summed E-state index contributed by atoms with van der Waals surface area (Å²) in [5.74, 6) is 0.827. The van der Waals surface area contributed by atoms with Gasteiger partial charge in [-0.15, -0.1) is 0 Å². The zero-order valence-corrected chi connectivity index (χ0v) is 14.3. The Labute approximate surface area is 129 Å². The van der Waals surface area contributed by atoms with E-state index in [2.05, 4.69) is 6.58 Å². The van der Waals surface area contributed by atoms with Gasteiger partial charge >= 0.3 is 8.80 Å². The highest BCUT2D eigenvalue weighted by Gasteiger charge is 2.40. The van der Waals surface area contributed by atoms with Crippen LogP contribution < -0.4 is 4.74 Å². The highest BCUT2D eigenvalue weighted by molar-refractivity contribution is 6.60. The third-order valence-corrected chi connectivity index (χ3v) is 5.89. The molecule has 0 aliphatic carbocycles. The van der Waals surface area contributed by atoms with Gasteiger partial charge in [0.05, 0.1) is 12.7 Å². The van der Waals surface area contributed by atoms with Crippen molar-refractivity contribution in [1.82, 2.24) is 0 Å². The zero-order chi connectivity index (χ0) is 15.6. The van der Waals surface area contributed by atoms with Crippen LogP contribution in [0.4, 0.5) is 0 Å². The molecule has 0 aliphatic rings. The van der Waals surface area contributed by atoms with Gasteiger partial charge in [0, 0.05) is 19.8 Å². The van der Waals surface area contributed by atoms with Crippen LogP contribution in [0.15, 0.2) is 30.8 Å². The van der Waals surface area contributed by atoms with E-state index >= 15 is 0 Å². The maximum atomic E-state index is 5.79. The fraction of sp³-hybridized carbons (Fsp3) is 0.500. The van der Waals surface area contributed by atoms with Crippen molar-refractivity contribution < 1.29 is 18.0 Å². The second-order valence-electron chi connectivity index (χ2n) is 4.35. The van der Waals surface area contributed by atoms with E-state index < -0.39 is 8.80 Å². The minimum atomic E-state index is -2.61. The minimum absolute atomic E-state index is 0.514. The summed E-state index contributed by atoms with van der Waals surface area (Å²) in [7, 11) is -2.61. The lowest BCUT2D eigenvalue weighted by Crippen LogP contribution is -2.47. The van der Waals surface area contributed by atoms with Crippen molar-refractivity contribution in [2.45, 2.75) is 26.8 Å². The summed E-state index contributed by atoms with van der Waals surface area (Å²) in [5, 5.41) is 0. The van der Waals surface area contributed by atoms with E-state index in [1.165, 1.54) is 0 Å². The second kappa shape index (κ2) is 9.73. The molecule has 1 aromatic rings. The summed E-state index contributed by atoms with van der Waals surface area (Å²) in [6.45, 7) is 11.9. The molecule has 0 radical (unpaired) electrons. The number of hydrogen-bond acceptors (Lipinski definition) is 4. The van der Waals surface area contributed by atoms with Gasteiger partial charge in [0.2, 0.25) is 0 Å². The summed E-state index contributed by atoms with van der Waals surface area (Å²) in [4.78, 5) is 0. The van der Waals surface area contributed by atoms with Crippen LogP contribution >= 0.6 is 0 Å². The smallest absolute Gasteiger partial charge is 0.494 e. The van der Waals surface area contributed by atoms with Crippen molar-refractivity contribution in [1.29, 1.82) is 0 Å². The van der Waals surface area contributed by atoms with Crippen LogP contribution in [-0.2, 0) is 13.3 Å². The van der Waals surface area contributed by atoms with Crippen molar-refractivity contribution in [3.05, 3.63) is 36.4 Å². The number of ether oxygens (including phenoxy) is 1. The number of benzene rings is 1. The molecule has 0 unspecified atom stereocenters. The third kappa shape index (κ3) is 6.01. The molecule has 118 valence electrons. The van der Waals surface area contributed by atoms with E-state index in [1.807, 2.05) is 45.0 Å². The molecule has 4 nitrogen and oxygen atoms in total. The summed E-state index contributed by atoms with van der Waals surface area (Å²) in [5.41, 5.74) is 1.07. The average Bonchev–Trinajstić information content (AvgIpc) is 2.49. The zero-order valence-electron chi connectivity index (χ0n) is 13.3. The largest absolute Gasteiger partial charge is 0.504 e. The van der Waals surface area contributed by atoms with Crippen LogP contribution in [-0.4, -0.2) is 35.2 Å². The Morgan fingerprint density at radius 1 is 0.952 bits per heavy atom. The van der Waals surface area contributed by atoms with Gasteiger partial charge < -0.3 is 18.0 Å². The maximum absolute atomic E-state index is 5.79. The molecule has 0 bridgehead atoms. The standard InChI is InChI=1S/C16H26O4Si/c1-5-15-9-11-16(12-10-15)17-13-14-21(18-6-2,19-7-3)20-8-4/h5,9-12H,1,6-8,13-14H2,2-4H3. The van der Waals surface area contributed by atoms with Gasteiger partial charge in [0.25, 0.3) is 0 Å². The molecule has 0 aliphatic heterocycles. The van der Waals surface area contributed by atoms with E-state index in [1.54, 1.807) is 6.08 Å². The molecule has 0 N–H and O–H groups in total. The summed E-state index contributed by atoms with van der Waals surface area (Å²) in [6.07, 6.45) is 1.81. The summed E-state index contributed by atoms with van der Waals surface area (Å²) < 4.78 is 23.1. The molecule has 0 spiro atoms. The van der Waals surface area contributed by atoms with E-state index in [9.17, 15) is 0 Å². The maximum Gasteiger partial charge on any atom is 0.504 e. The van der Waals surface area contributed by atoms with Gasteiger partial charge in [-0.1, -0.05) is 24.8 Å². The molecule has 0 atom stereocenters. The van der Waals surface area contributed by atoms with Gasteiger partial charge in [-0.05, 0) is 38.5 Å². The van der Waals surface area contributed by atoms with E-state index in [0.29, 0.717) is 32.5 Å². The Morgan fingerprint density at radius 2 is 1.48 bits per heavy atom. The van der Waals surface area contributed by atoms with Crippen LogP contribution in [0.2, 0.25) is 6.04 Å². The van der Waals surface area contributed by atoms with E-state index in [0.717, 1.165) is 11.3 Å². The minimum Gasteiger partial charge on any atom is -0.494 e. The molecule has 0 amide bonds. The SMILES string of the molecule is C=Cc1ccc(OCC[Si](OCC)(OCC)OCC)cc1. The van der Waals surface area contributed by atoms with Crippen LogP contribution in [0.5, 0.6) is 5.75 Å². The average molecular weight is 310 g/mol. The molecule has 5 heteroatoms. The van der Waals surface area contributed by atoms with Gasteiger partial charge in [-0.3, -0.25) is 0 Å². The van der Waals surface area contributed by atoms with Crippen molar-refractivity contribution in [3.8, 4) is 5.75 Å². The quantitative estimate of drug-likeness (QED) is 0.583. The molecule has 0 aromatic heterocycles. The first-order valence-electron chi connectivity index (χ1n) is 7.46.